The maximum atomic E-state index is 12.8. The van der Waals surface area contributed by atoms with Gasteiger partial charge in [0.1, 0.15) is 0 Å². The number of carbonyl (C=O) groups is 2. The highest BCUT2D eigenvalue weighted by atomic mass is 16.5. The fraction of sp³-hybridized carbons (Fsp3) is 0.300. The van der Waals surface area contributed by atoms with Gasteiger partial charge in [0.2, 0.25) is 0 Å². The number of benzene rings is 2. The zero-order chi connectivity index (χ0) is 19.4. The lowest BCUT2D eigenvalue weighted by Gasteiger charge is -2.35. The Morgan fingerprint density at radius 1 is 0.852 bits per heavy atom. The molecule has 7 heteroatoms. The Hall–Kier alpha value is -3.22. The third-order valence-electron chi connectivity index (χ3n) is 4.68. The molecule has 3 rings (SSSR count). The second kappa shape index (κ2) is 7.99. The van der Waals surface area contributed by atoms with E-state index in [1.54, 1.807) is 59.4 Å². The molecule has 0 unspecified atom stereocenters. The standard InChI is InChI=1S/C20H23N3O4/c1-26-17-8-7-14(13-18(17)27-2)19(24)22-9-11-23(12-10-22)20(25)15-5-3-4-6-16(15)21/h3-8,13H,9-12,21H2,1-2H3. The van der Waals surface area contributed by atoms with Crippen molar-refractivity contribution >= 4 is 17.5 Å². The summed E-state index contributed by atoms with van der Waals surface area (Å²) in [5, 5.41) is 0. The first kappa shape index (κ1) is 18.6. The first-order valence-corrected chi connectivity index (χ1v) is 8.70. The van der Waals surface area contributed by atoms with Crippen LogP contribution in [0, 0.1) is 0 Å². The SMILES string of the molecule is COc1ccc(C(=O)N2CCN(C(=O)c3ccccc3N)CC2)cc1OC. The van der Waals surface area contributed by atoms with Crippen molar-refractivity contribution in [3.8, 4) is 11.5 Å². The fourth-order valence-electron chi connectivity index (χ4n) is 3.13. The van der Waals surface area contributed by atoms with E-state index in [-0.39, 0.29) is 11.8 Å². The first-order chi connectivity index (χ1) is 13.0. The van der Waals surface area contributed by atoms with E-state index in [0.29, 0.717) is 54.5 Å². The molecule has 0 spiro atoms. The Morgan fingerprint density at radius 2 is 1.44 bits per heavy atom. The summed E-state index contributed by atoms with van der Waals surface area (Å²) >= 11 is 0. The van der Waals surface area contributed by atoms with Crippen LogP contribution in [0.4, 0.5) is 5.69 Å². The third-order valence-corrected chi connectivity index (χ3v) is 4.68. The van der Waals surface area contributed by atoms with Crippen LogP contribution < -0.4 is 15.2 Å². The lowest BCUT2D eigenvalue weighted by Crippen LogP contribution is -2.50. The molecule has 2 aromatic rings. The van der Waals surface area contributed by atoms with Crippen LogP contribution >= 0.6 is 0 Å². The Kier molecular flexibility index (Phi) is 5.49. The van der Waals surface area contributed by atoms with Gasteiger partial charge in [-0.15, -0.1) is 0 Å². The van der Waals surface area contributed by atoms with Crippen molar-refractivity contribution < 1.29 is 19.1 Å². The van der Waals surface area contributed by atoms with Crippen molar-refractivity contribution in [2.75, 3.05) is 46.1 Å². The summed E-state index contributed by atoms with van der Waals surface area (Å²) in [6.45, 7) is 1.86. The quantitative estimate of drug-likeness (QED) is 0.832. The number of methoxy groups -OCH3 is 2. The van der Waals surface area contributed by atoms with E-state index >= 15 is 0 Å². The zero-order valence-corrected chi connectivity index (χ0v) is 15.5. The lowest BCUT2D eigenvalue weighted by molar-refractivity contribution is 0.0536. The molecule has 7 nitrogen and oxygen atoms in total. The van der Waals surface area contributed by atoms with Crippen molar-refractivity contribution in [2.45, 2.75) is 0 Å². The van der Waals surface area contributed by atoms with Gasteiger partial charge in [-0.25, -0.2) is 0 Å². The fourth-order valence-corrected chi connectivity index (χ4v) is 3.13. The molecule has 2 amide bonds. The molecular formula is C20H23N3O4. The highest BCUT2D eigenvalue weighted by molar-refractivity contribution is 5.99. The number of rotatable bonds is 4. The van der Waals surface area contributed by atoms with E-state index in [4.69, 9.17) is 15.2 Å². The molecule has 2 N–H and O–H groups in total. The second-order valence-electron chi connectivity index (χ2n) is 6.24. The van der Waals surface area contributed by atoms with Gasteiger partial charge in [0.05, 0.1) is 19.8 Å². The molecule has 1 aliphatic rings. The van der Waals surface area contributed by atoms with Gasteiger partial charge in [0.25, 0.3) is 11.8 Å². The van der Waals surface area contributed by atoms with Gasteiger partial charge in [-0.1, -0.05) is 12.1 Å². The predicted octanol–water partition coefficient (Wildman–Crippen LogP) is 1.88. The minimum Gasteiger partial charge on any atom is -0.493 e. The van der Waals surface area contributed by atoms with Gasteiger partial charge in [0, 0.05) is 37.4 Å². The maximum Gasteiger partial charge on any atom is 0.256 e. The number of hydrogen-bond acceptors (Lipinski definition) is 5. The van der Waals surface area contributed by atoms with E-state index in [1.807, 2.05) is 0 Å². The number of nitrogen functional groups attached to an aromatic ring is 1. The number of nitrogens with zero attached hydrogens (tertiary/aromatic N) is 2. The van der Waals surface area contributed by atoms with Crippen LogP contribution in [0.25, 0.3) is 0 Å². The van der Waals surface area contributed by atoms with Crippen molar-refractivity contribution in [2.24, 2.45) is 0 Å². The van der Waals surface area contributed by atoms with Gasteiger partial charge in [0.15, 0.2) is 11.5 Å². The van der Waals surface area contributed by atoms with E-state index in [2.05, 4.69) is 0 Å². The van der Waals surface area contributed by atoms with Gasteiger partial charge in [-0.05, 0) is 30.3 Å². The van der Waals surface area contributed by atoms with Gasteiger partial charge in [-0.2, -0.15) is 0 Å². The summed E-state index contributed by atoms with van der Waals surface area (Å²) in [6.07, 6.45) is 0. The largest absolute Gasteiger partial charge is 0.493 e. The second-order valence-corrected chi connectivity index (χ2v) is 6.24. The van der Waals surface area contributed by atoms with Crippen LogP contribution in [0.2, 0.25) is 0 Å². The van der Waals surface area contributed by atoms with E-state index in [0.717, 1.165) is 0 Å². The average Bonchev–Trinajstić information content (AvgIpc) is 2.72. The smallest absolute Gasteiger partial charge is 0.256 e. The van der Waals surface area contributed by atoms with Crippen LogP contribution in [0.5, 0.6) is 11.5 Å². The molecule has 0 aromatic heterocycles. The third kappa shape index (κ3) is 3.81. The molecule has 142 valence electrons. The molecule has 1 saturated heterocycles. The molecule has 0 radical (unpaired) electrons. The predicted molar refractivity (Wildman–Crippen MR) is 102 cm³/mol. The number of carbonyl (C=O) groups excluding carboxylic acids is 2. The van der Waals surface area contributed by atoms with E-state index in [1.165, 1.54) is 7.11 Å². The molecule has 1 aliphatic heterocycles. The summed E-state index contributed by atoms with van der Waals surface area (Å²) < 4.78 is 10.5. The van der Waals surface area contributed by atoms with Crippen LogP contribution in [0.3, 0.4) is 0 Å². The Bertz CT molecular complexity index is 845. The zero-order valence-electron chi connectivity index (χ0n) is 15.5. The van der Waals surface area contributed by atoms with E-state index in [9.17, 15) is 9.59 Å². The van der Waals surface area contributed by atoms with Gasteiger partial charge in [-0.3, -0.25) is 9.59 Å². The van der Waals surface area contributed by atoms with Gasteiger partial charge >= 0.3 is 0 Å². The molecule has 0 atom stereocenters. The van der Waals surface area contributed by atoms with Crippen LogP contribution in [-0.2, 0) is 0 Å². The minimum atomic E-state index is -0.105. The van der Waals surface area contributed by atoms with Crippen molar-refractivity contribution in [3.05, 3.63) is 53.6 Å². The monoisotopic (exact) mass is 369 g/mol. The van der Waals surface area contributed by atoms with Gasteiger partial charge < -0.3 is 25.0 Å². The van der Waals surface area contributed by atoms with Crippen LogP contribution in [0.15, 0.2) is 42.5 Å². The highest BCUT2D eigenvalue weighted by Crippen LogP contribution is 2.28. The van der Waals surface area contributed by atoms with Crippen LogP contribution in [0.1, 0.15) is 20.7 Å². The Labute approximate surface area is 158 Å². The van der Waals surface area contributed by atoms with Crippen molar-refractivity contribution in [1.82, 2.24) is 9.80 Å². The summed E-state index contributed by atoms with van der Waals surface area (Å²) in [4.78, 5) is 28.9. The highest BCUT2D eigenvalue weighted by Gasteiger charge is 2.26. The molecular weight excluding hydrogens is 346 g/mol. The van der Waals surface area contributed by atoms with Crippen LogP contribution in [-0.4, -0.2) is 62.0 Å². The number of piperazine rings is 1. The minimum absolute atomic E-state index is 0.0951. The number of para-hydroxylation sites is 1. The Morgan fingerprint density at radius 3 is 2.04 bits per heavy atom. The van der Waals surface area contributed by atoms with Crippen molar-refractivity contribution in [1.29, 1.82) is 0 Å². The molecule has 2 aromatic carbocycles. The molecule has 0 saturated carbocycles. The number of amides is 2. The number of anilines is 1. The number of nitrogens with two attached hydrogens (primary N) is 1. The average molecular weight is 369 g/mol. The summed E-state index contributed by atoms with van der Waals surface area (Å²) in [5.74, 6) is 0.884. The molecule has 1 fully saturated rings. The normalized spacial score (nSPS) is 14.0. The number of ether oxygens (including phenoxy) is 2. The summed E-state index contributed by atoms with van der Waals surface area (Å²) in [6, 6.07) is 12.1. The molecule has 0 aliphatic carbocycles. The topological polar surface area (TPSA) is 85.1 Å². The first-order valence-electron chi connectivity index (χ1n) is 8.70. The lowest BCUT2D eigenvalue weighted by atomic mass is 10.1. The Balaban J connectivity index is 1.66. The number of hydrogen-bond donors (Lipinski definition) is 1. The molecule has 0 bridgehead atoms. The van der Waals surface area contributed by atoms with Crippen molar-refractivity contribution in [3.63, 3.8) is 0 Å². The maximum absolute atomic E-state index is 12.8. The summed E-state index contributed by atoms with van der Waals surface area (Å²) in [7, 11) is 3.08. The van der Waals surface area contributed by atoms with E-state index < -0.39 is 0 Å². The summed E-state index contributed by atoms with van der Waals surface area (Å²) in [5.41, 5.74) is 7.39. The molecule has 1 heterocycles. The molecule has 27 heavy (non-hydrogen) atoms.